The molecule has 0 aromatic heterocycles. The van der Waals surface area contributed by atoms with Gasteiger partial charge < -0.3 is 18.2 Å². The van der Waals surface area contributed by atoms with Gasteiger partial charge in [0.2, 0.25) is 5.91 Å². The van der Waals surface area contributed by atoms with Crippen molar-refractivity contribution in [2.24, 2.45) is 0 Å². The monoisotopic (exact) mass is 262 g/mol. The highest BCUT2D eigenvalue weighted by Crippen LogP contribution is 2.11. The highest BCUT2D eigenvalue weighted by Gasteiger charge is 2.40. The van der Waals surface area contributed by atoms with Crippen molar-refractivity contribution in [3.05, 3.63) is 0 Å². The molecule has 1 saturated heterocycles. The fraction of sp³-hybridized carbons (Fsp3) is 0.900. The minimum absolute atomic E-state index is 0.137. The number of hydrogen-bond acceptors (Lipinski definition) is 5. The van der Waals surface area contributed by atoms with Crippen LogP contribution in [0.2, 0.25) is 0 Å². The molecule has 0 radical (unpaired) electrons. The van der Waals surface area contributed by atoms with Crippen molar-refractivity contribution in [3.63, 3.8) is 0 Å². The zero-order chi connectivity index (χ0) is 12.9. The first-order chi connectivity index (χ1) is 8.06. The van der Waals surface area contributed by atoms with Crippen LogP contribution in [-0.4, -0.2) is 78.2 Å². The summed E-state index contributed by atoms with van der Waals surface area (Å²) in [6.45, 7) is 4.80. The molecule has 1 aliphatic heterocycles. The van der Waals surface area contributed by atoms with Crippen molar-refractivity contribution in [3.8, 4) is 0 Å². The zero-order valence-electron chi connectivity index (χ0n) is 11.1. The van der Waals surface area contributed by atoms with Gasteiger partial charge in [0.05, 0.1) is 6.17 Å². The van der Waals surface area contributed by atoms with Gasteiger partial charge in [-0.1, -0.05) is 0 Å². The molecule has 1 heterocycles. The van der Waals surface area contributed by atoms with Gasteiger partial charge in [-0.15, -0.1) is 0 Å². The van der Waals surface area contributed by atoms with Crippen LogP contribution in [0.3, 0.4) is 0 Å². The first-order valence-corrected chi connectivity index (χ1v) is 7.63. The average Bonchev–Trinajstić information content (AvgIpc) is 2.37. The van der Waals surface area contributed by atoms with Crippen molar-refractivity contribution >= 4 is 14.7 Å². The predicted octanol–water partition coefficient (Wildman–Crippen LogP) is -0.432. The van der Waals surface area contributed by atoms with Crippen molar-refractivity contribution in [1.82, 2.24) is 9.80 Å². The summed E-state index contributed by atoms with van der Waals surface area (Å²) in [5.74, 6) is 0.137. The summed E-state index contributed by atoms with van der Waals surface area (Å²) in [4.78, 5) is 15.3. The third-order valence-electron chi connectivity index (χ3n) is 3.17. The number of hydrogen-bond donors (Lipinski definition) is 0. The number of carbonyl (C=O) groups excluding carboxylic acids is 1. The lowest BCUT2D eigenvalue weighted by Crippen LogP contribution is -2.58. The molecule has 0 atom stereocenters. The minimum atomic E-state index is -2.53. The Kier molecular flexibility index (Phi) is 5.54. The van der Waals surface area contributed by atoms with Crippen LogP contribution < -0.4 is 0 Å². The fourth-order valence-electron chi connectivity index (χ4n) is 1.94. The Morgan fingerprint density at radius 3 is 1.88 bits per heavy atom. The van der Waals surface area contributed by atoms with Crippen LogP contribution in [0.1, 0.15) is 6.92 Å². The second-order valence-electron chi connectivity index (χ2n) is 4.08. The van der Waals surface area contributed by atoms with E-state index < -0.39 is 8.80 Å². The number of rotatable bonds is 5. The van der Waals surface area contributed by atoms with Gasteiger partial charge in [0.15, 0.2) is 0 Å². The molecular formula is C10H22N2O4Si. The molecule has 7 heteroatoms. The second kappa shape index (κ2) is 6.46. The third-order valence-corrected chi connectivity index (χ3v) is 5.87. The summed E-state index contributed by atoms with van der Waals surface area (Å²) in [7, 11) is 2.32. The van der Waals surface area contributed by atoms with Gasteiger partial charge in [0, 0.05) is 54.4 Å². The van der Waals surface area contributed by atoms with Crippen LogP contribution in [0.5, 0.6) is 0 Å². The van der Waals surface area contributed by atoms with Gasteiger partial charge in [0.25, 0.3) is 0 Å². The second-order valence-corrected chi connectivity index (χ2v) is 6.98. The van der Waals surface area contributed by atoms with E-state index in [4.69, 9.17) is 13.3 Å². The lowest BCUT2D eigenvalue weighted by atomic mass is 10.3. The van der Waals surface area contributed by atoms with Crippen LogP contribution in [0.25, 0.3) is 0 Å². The summed E-state index contributed by atoms with van der Waals surface area (Å²) in [5.41, 5.74) is 0. The SMILES string of the molecule is CO[Si](CN1CCN(C(C)=O)CC1)(OC)OC. The van der Waals surface area contributed by atoms with Gasteiger partial charge >= 0.3 is 8.80 Å². The largest absolute Gasteiger partial charge is 0.514 e. The van der Waals surface area contributed by atoms with E-state index >= 15 is 0 Å². The van der Waals surface area contributed by atoms with Crippen LogP contribution in [0, 0.1) is 0 Å². The van der Waals surface area contributed by atoms with E-state index in [1.165, 1.54) is 0 Å². The molecule has 0 aromatic rings. The topological polar surface area (TPSA) is 51.2 Å². The number of carbonyl (C=O) groups is 1. The predicted molar refractivity (Wildman–Crippen MR) is 65.5 cm³/mol. The van der Waals surface area contributed by atoms with Crippen LogP contribution in [-0.2, 0) is 18.1 Å². The minimum Gasteiger partial charge on any atom is -0.376 e. The van der Waals surface area contributed by atoms with Gasteiger partial charge in [0.1, 0.15) is 0 Å². The van der Waals surface area contributed by atoms with E-state index in [9.17, 15) is 4.79 Å². The maximum absolute atomic E-state index is 11.2. The lowest BCUT2D eigenvalue weighted by molar-refractivity contribution is -0.130. The van der Waals surface area contributed by atoms with Gasteiger partial charge in [-0.05, 0) is 0 Å². The number of piperazine rings is 1. The van der Waals surface area contributed by atoms with Crippen LogP contribution in [0.4, 0.5) is 0 Å². The Bertz CT molecular complexity index is 244. The molecule has 1 fully saturated rings. The zero-order valence-corrected chi connectivity index (χ0v) is 12.1. The molecule has 0 unspecified atom stereocenters. The maximum Gasteiger partial charge on any atom is 0.514 e. The maximum atomic E-state index is 11.2. The Labute approximate surface area is 104 Å². The molecule has 1 aliphatic rings. The quantitative estimate of drug-likeness (QED) is 0.629. The molecule has 0 aliphatic carbocycles. The molecule has 1 amide bonds. The summed E-state index contributed by atoms with van der Waals surface area (Å²) >= 11 is 0. The van der Waals surface area contributed by atoms with E-state index in [1.54, 1.807) is 28.3 Å². The van der Waals surface area contributed by atoms with Crippen molar-refractivity contribution in [2.75, 3.05) is 53.7 Å². The van der Waals surface area contributed by atoms with Crippen molar-refractivity contribution in [2.45, 2.75) is 6.92 Å². The van der Waals surface area contributed by atoms with Crippen LogP contribution in [0.15, 0.2) is 0 Å². The first-order valence-electron chi connectivity index (χ1n) is 5.70. The molecule has 17 heavy (non-hydrogen) atoms. The molecule has 0 N–H and O–H groups in total. The highest BCUT2D eigenvalue weighted by molar-refractivity contribution is 6.60. The van der Waals surface area contributed by atoms with E-state index in [0.29, 0.717) is 6.17 Å². The van der Waals surface area contributed by atoms with E-state index in [0.717, 1.165) is 26.2 Å². The average molecular weight is 262 g/mol. The Morgan fingerprint density at radius 2 is 1.53 bits per heavy atom. The van der Waals surface area contributed by atoms with E-state index in [1.807, 2.05) is 4.90 Å². The number of nitrogens with zero attached hydrogens (tertiary/aromatic N) is 2. The fourth-order valence-corrected chi connectivity index (χ4v) is 3.69. The molecule has 0 bridgehead atoms. The molecule has 100 valence electrons. The Hall–Kier alpha value is -0.473. The third kappa shape index (κ3) is 3.75. The molecule has 0 saturated carbocycles. The normalized spacial score (nSPS) is 18.5. The van der Waals surface area contributed by atoms with Crippen molar-refractivity contribution in [1.29, 1.82) is 0 Å². The van der Waals surface area contributed by atoms with Gasteiger partial charge in [-0.25, -0.2) is 0 Å². The van der Waals surface area contributed by atoms with E-state index in [-0.39, 0.29) is 5.91 Å². The molecule has 0 aromatic carbocycles. The summed E-state index contributed by atoms with van der Waals surface area (Å²) < 4.78 is 16.2. The van der Waals surface area contributed by atoms with Crippen molar-refractivity contribution < 1.29 is 18.1 Å². The Balaban J connectivity index is 2.46. The smallest absolute Gasteiger partial charge is 0.376 e. The Morgan fingerprint density at radius 1 is 1.06 bits per heavy atom. The highest BCUT2D eigenvalue weighted by atomic mass is 28.4. The molecule has 1 rings (SSSR count). The molecular weight excluding hydrogens is 240 g/mol. The standard InChI is InChI=1S/C10H22N2O4Si/c1-10(13)12-7-5-11(6-8-12)9-17(14-2,15-3)16-4/h5-9H2,1-4H3. The summed E-state index contributed by atoms with van der Waals surface area (Å²) in [5, 5.41) is 0. The van der Waals surface area contributed by atoms with Gasteiger partial charge in [-0.2, -0.15) is 0 Å². The van der Waals surface area contributed by atoms with E-state index in [2.05, 4.69) is 4.90 Å². The molecule has 0 spiro atoms. The first kappa shape index (κ1) is 14.6. The summed E-state index contributed by atoms with van der Waals surface area (Å²) in [6.07, 6.45) is 0.669. The number of amides is 1. The molecule has 6 nitrogen and oxygen atoms in total. The lowest BCUT2D eigenvalue weighted by Gasteiger charge is -2.37. The van der Waals surface area contributed by atoms with Gasteiger partial charge in [-0.3, -0.25) is 9.69 Å². The summed E-state index contributed by atoms with van der Waals surface area (Å²) in [6, 6.07) is 0. The van der Waals surface area contributed by atoms with Crippen LogP contribution >= 0.6 is 0 Å².